The summed E-state index contributed by atoms with van der Waals surface area (Å²) in [6, 6.07) is 43.1. The molecule has 184 valence electrons. The molecule has 2 aromatic heterocycles. The molecule has 2 heterocycles. The summed E-state index contributed by atoms with van der Waals surface area (Å²) in [7, 11) is 0. The third-order valence-electron chi connectivity index (χ3n) is 8.96. The first-order valence-corrected chi connectivity index (χ1v) is 14.4. The molecule has 0 fully saturated rings. The Balaban J connectivity index is 1.42. The Hall–Kier alpha value is -4.40. The first kappa shape index (κ1) is 21.5. The van der Waals surface area contributed by atoms with E-state index in [1.807, 2.05) is 11.3 Å². The van der Waals surface area contributed by atoms with E-state index in [1.54, 1.807) is 0 Å². The molecule has 39 heavy (non-hydrogen) atoms. The first-order chi connectivity index (χ1) is 19.1. The molecule has 0 N–H and O–H groups in total. The van der Waals surface area contributed by atoms with E-state index < -0.39 is 0 Å². The van der Waals surface area contributed by atoms with E-state index >= 15 is 0 Å². The molecule has 0 amide bonds. The normalized spacial score (nSPS) is 14.1. The number of nitrogens with zero attached hydrogens (tertiary/aromatic N) is 1. The number of fused-ring (bicyclic) bond motifs is 10. The molecule has 0 bridgehead atoms. The smallest absolute Gasteiger partial charge is 0.0548 e. The van der Waals surface area contributed by atoms with Gasteiger partial charge >= 0.3 is 0 Å². The highest BCUT2D eigenvalue weighted by atomic mass is 32.1. The van der Waals surface area contributed by atoms with Crippen LogP contribution in [0.15, 0.2) is 115 Å². The number of hydrogen-bond acceptors (Lipinski definition) is 1. The van der Waals surface area contributed by atoms with Crippen LogP contribution in [0.25, 0.3) is 69.6 Å². The standard InChI is InChI=1S/C37H25NS/c1-37(2)31-13-7-5-11-25(31)26-16-15-24(19-32(26)37)38-33-18-23-10-4-3-9-22(23)17-28(33)29-21-36-30(20-34(29)38)27-12-6-8-14-35(27)39-36/h3-21H,1-2H3. The molecule has 9 rings (SSSR count). The largest absolute Gasteiger partial charge is 0.309 e. The van der Waals surface area contributed by atoms with Crippen LogP contribution in [0, 0.1) is 0 Å². The lowest BCUT2D eigenvalue weighted by Crippen LogP contribution is -2.15. The highest BCUT2D eigenvalue weighted by Gasteiger charge is 2.35. The third-order valence-corrected chi connectivity index (χ3v) is 10.1. The summed E-state index contributed by atoms with van der Waals surface area (Å²) in [5.74, 6) is 0. The highest BCUT2D eigenvalue weighted by Crippen LogP contribution is 2.50. The molecule has 0 saturated heterocycles. The van der Waals surface area contributed by atoms with E-state index in [2.05, 4.69) is 134 Å². The van der Waals surface area contributed by atoms with Crippen LogP contribution in [0.3, 0.4) is 0 Å². The molecule has 0 aliphatic heterocycles. The number of benzene rings is 6. The first-order valence-electron chi connectivity index (χ1n) is 13.6. The predicted octanol–water partition coefficient (Wildman–Crippen LogP) is 10.6. The van der Waals surface area contributed by atoms with Crippen LogP contribution in [-0.4, -0.2) is 4.57 Å². The zero-order valence-electron chi connectivity index (χ0n) is 21.8. The molecule has 0 unspecified atom stereocenters. The summed E-state index contributed by atoms with van der Waals surface area (Å²) < 4.78 is 5.20. The molecule has 1 aliphatic carbocycles. The van der Waals surface area contributed by atoms with Crippen LogP contribution in [-0.2, 0) is 5.41 Å². The van der Waals surface area contributed by atoms with Gasteiger partial charge in [-0.3, -0.25) is 0 Å². The number of thiophene rings is 1. The van der Waals surface area contributed by atoms with Crippen LogP contribution in [0.5, 0.6) is 0 Å². The van der Waals surface area contributed by atoms with E-state index in [0.717, 1.165) is 0 Å². The van der Waals surface area contributed by atoms with E-state index in [4.69, 9.17) is 0 Å². The Morgan fingerprint density at radius 2 is 1.21 bits per heavy atom. The van der Waals surface area contributed by atoms with Crippen molar-refractivity contribution < 1.29 is 0 Å². The molecule has 1 nitrogen and oxygen atoms in total. The van der Waals surface area contributed by atoms with E-state index in [1.165, 1.54) is 80.7 Å². The predicted molar refractivity (Wildman–Crippen MR) is 169 cm³/mol. The fourth-order valence-electron chi connectivity index (χ4n) is 7.03. The fourth-order valence-corrected chi connectivity index (χ4v) is 8.16. The van der Waals surface area contributed by atoms with Crippen molar-refractivity contribution in [1.82, 2.24) is 4.57 Å². The van der Waals surface area contributed by atoms with Crippen molar-refractivity contribution in [2.24, 2.45) is 0 Å². The summed E-state index contributed by atoms with van der Waals surface area (Å²) in [5.41, 5.74) is 9.26. The molecular formula is C37H25NS. The minimum absolute atomic E-state index is 0.0375. The van der Waals surface area contributed by atoms with Crippen LogP contribution in [0.4, 0.5) is 0 Å². The van der Waals surface area contributed by atoms with Gasteiger partial charge in [-0.2, -0.15) is 0 Å². The molecular weight excluding hydrogens is 490 g/mol. The third kappa shape index (κ3) is 2.79. The lowest BCUT2D eigenvalue weighted by Gasteiger charge is -2.22. The van der Waals surface area contributed by atoms with Gasteiger partial charge in [0, 0.05) is 42.0 Å². The monoisotopic (exact) mass is 515 g/mol. The summed E-state index contributed by atoms with van der Waals surface area (Å²) >= 11 is 1.89. The SMILES string of the molecule is CC1(C)c2ccccc2-c2ccc(-n3c4cc5ccccc5cc4c4cc5sc6ccccc6c5cc43)cc21. The quantitative estimate of drug-likeness (QED) is 0.205. The van der Waals surface area contributed by atoms with Crippen molar-refractivity contribution in [2.75, 3.05) is 0 Å². The average Bonchev–Trinajstić information content (AvgIpc) is 3.56. The second-order valence-electron chi connectivity index (χ2n) is 11.4. The molecule has 0 saturated carbocycles. The molecule has 0 atom stereocenters. The van der Waals surface area contributed by atoms with Crippen molar-refractivity contribution in [1.29, 1.82) is 0 Å². The molecule has 1 aliphatic rings. The Labute approximate surface area is 230 Å². The maximum absolute atomic E-state index is 2.50. The zero-order valence-corrected chi connectivity index (χ0v) is 22.6. The lowest BCUT2D eigenvalue weighted by molar-refractivity contribution is 0.660. The van der Waals surface area contributed by atoms with Crippen molar-refractivity contribution in [3.8, 4) is 16.8 Å². The molecule has 2 heteroatoms. The zero-order chi connectivity index (χ0) is 25.9. The number of rotatable bonds is 1. The van der Waals surface area contributed by atoms with Crippen molar-refractivity contribution in [3.63, 3.8) is 0 Å². The summed E-state index contributed by atoms with van der Waals surface area (Å²) in [6.45, 7) is 4.73. The molecule has 0 spiro atoms. The van der Waals surface area contributed by atoms with Crippen LogP contribution in [0.2, 0.25) is 0 Å². The summed E-state index contributed by atoms with van der Waals surface area (Å²) in [5, 5.41) is 7.86. The van der Waals surface area contributed by atoms with Crippen molar-refractivity contribution in [2.45, 2.75) is 19.3 Å². The number of aromatic nitrogens is 1. The van der Waals surface area contributed by atoms with Crippen LogP contribution in [0.1, 0.15) is 25.0 Å². The maximum Gasteiger partial charge on any atom is 0.0548 e. The summed E-state index contributed by atoms with van der Waals surface area (Å²) in [4.78, 5) is 0. The van der Waals surface area contributed by atoms with Gasteiger partial charge in [0.2, 0.25) is 0 Å². The van der Waals surface area contributed by atoms with Gasteiger partial charge in [-0.05, 0) is 75.5 Å². The highest BCUT2D eigenvalue weighted by molar-refractivity contribution is 7.25. The Morgan fingerprint density at radius 3 is 2.10 bits per heavy atom. The fraction of sp³-hybridized carbons (Fsp3) is 0.0811. The van der Waals surface area contributed by atoms with E-state index in [-0.39, 0.29) is 5.41 Å². The topological polar surface area (TPSA) is 4.93 Å². The van der Waals surface area contributed by atoms with E-state index in [0.29, 0.717) is 0 Å². The Bertz CT molecular complexity index is 2310. The minimum Gasteiger partial charge on any atom is -0.309 e. The number of hydrogen-bond donors (Lipinski definition) is 0. The second-order valence-corrected chi connectivity index (χ2v) is 12.5. The van der Waals surface area contributed by atoms with Gasteiger partial charge in [0.25, 0.3) is 0 Å². The molecule has 0 radical (unpaired) electrons. The van der Waals surface area contributed by atoms with Gasteiger partial charge < -0.3 is 4.57 Å². The van der Waals surface area contributed by atoms with Gasteiger partial charge in [-0.25, -0.2) is 0 Å². The van der Waals surface area contributed by atoms with Crippen molar-refractivity contribution >= 4 is 64.1 Å². The van der Waals surface area contributed by atoms with Crippen LogP contribution < -0.4 is 0 Å². The van der Waals surface area contributed by atoms with E-state index in [9.17, 15) is 0 Å². The van der Waals surface area contributed by atoms with Crippen LogP contribution >= 0.6 is 11.3 Å². The molecule has 8 aromatic rings. The van der Waals surface area contributed by atoms with Gasteiger partial charge in [0.15, 0.2) is 0 Å². The Morgan fingerprint density at radius 1 is 0.513 bits per heavy atom. The minimum atomic E-state index is -0.0375. The average molecular weight is 516 g/mol. The van der Waals surface area contributed by atoms with Crippen molar-refractivity contribution in [3.05, 3.63) is 126 Å². The van der Waals surface area contributed by atoms with Gasteiger partial charge in [-0.15, -0.1) is 11.3 Å². The second kappa shape index (κ2) is 7.37. The lowest BCUT2D eigenvalue weighted by atomic mass is 9.82. The maximum atomic E-state index is 2.50. The Kier molecular flexibility index (Phi) is 4.07. The summed E-state index contributed by atoms with van der Waals surface area (Å²) in [6.07, 6.45) is 0. The van der Waals surface area contributed by atoms with Gasteiger partial charge in [-0.1, -0.05) is 86.6 Å². The molecule has 6 aromatic carbocycles. The van der Waals surface area contributed by atoms with Gasteiger partial charge in [0.1, 0.15) is 0 Å². The van der Waals surface area contributed by atoms with Gasteiger partial charge in [0.05, 0.1) is 11.0 Å².